The first-order chi connectivity index (χ1) is 18.6. The number of fused-ring (bicyclic) bond motifs is 1. The number of hydrazone groups is 1. The summed E-state index contributed by atoms with van der Waals surface area (Å²) in [4.78, 5) is 12.6. The highest BCUT2D eigenvalue weighted by Gasteiger charge is 2.16. The van der Waals surface area contributed by atoms with Crippen molar-refractivity contribution in [1.82, 2.24) is 20.2 Å². The van der Waals surface area contributed by atoms with Crippen LogP contribution in [0, 0.1) is 6.92 Å². The highest BCUT2D eigenvalue weighted by molar-refractivity contribution is 7.99. The lowest BCUT2D eigenvalue weighted by atomic mass is 10.0. The first-order valence-corrected chi connectivity index (χ1v) is 13.0. The van der Waals surface area contributed by atoms with Gasteiger partial charge in [-0.25, -0.2) is 5.43 Å². The molecule has 38 heavy (non-hydrogen) atoms. The molecule has 0 bridgehead atoms. The standard InChI is InChI=1S/C29H26N6O2S/c1-20-11-14-22(15-12-20)30-18-27-32-34-29(35(27)23-8-3-2-4-9-23)38-19-28(37)33-31-17-25-24-10-6-5-7-21(24)13-16-26(25)36/h2-17,30,36H,18-19H2,1H3,(H,33,37). The highest BCUT2D eigenvalue weighted by Crippen LogP contribution is 2.26. The Morgan fingerprint density at radius 1 is 0.974 bits per heavy atom. The number of amides is 1. The number of carbonyl (C=O) groups is 1. The molecular formula is C29H26N6O2S. The molecule has 9 heteroatoms. The number of phenolic OH excluding ortho intramolecular Hbond substituents is 1. The first-order valence-electron chi connectivity index (χ1n) is 12.0. The monoisotopic (exact) mass is 522 g/mol. The van der Waals surface area contributed by atoms with Gasteiger partial charge in [0.15, 0.2) is 11.0 Å². The number of hydrogen-bond acceptors (Lipinski definition) is 7. The van der Waals surface area contributed by atoms with E-state index in [1.165, 1.54) is 23.5 Å². The summed E-state index contributed by atoms with van der Waals surface area (Å²) in [5.41, 5.74) is 6.17. The minimum Gasteiger partial charge on any atom is -0.507 e. The van der Waals surface area contributed by atoms with Crippen molar-refractivity contribution < 1.29 is 9.90 Å². The van der Waals surface area contributed by atoms with Crippen LogP contribution in [0.15, 0.2) is 101 Å². The number of anilines is 1. The van der Waals surface area contributed by atoms with Crippen LogP contribution in [0.5, 0.6) is 5.75 Å². The molecule has 0 spiro atoms. The average Bonchev–Trinajstić information content (AvgIpc) is 3.36. The molecule has 1 heterocycles. The van der Waals surface area contributed by atoms with E-state index in [9.17, 15) is 9.90 Å². The van der Waals surface area contributed by atoms with Crippen molar-refractivity contribution in [2.45, 2.75) is 18.6 Å². The van der Waals surface area contributed by atoms with Gasteiger partial charge in [0.25, 0.3) is 5.91 Å². The number of nitrogens with one attached hydrogen (secondary N) is 2. The maximum atomic E-state index is 12.6. The zero-order chi connectivity index (χ0) is 26.3. The third kappa shape index (κ3) is 5.84. The number of aromatic nitrogens is 3. The van der Waals surface area contributed by atoms with Gasteiger partial charge in [-0.2, -0.15) is 5.10 Å². The predicted octanol–water partition coefficient (Wildman–Crippen LogP) is 5.29. The van der Waals surface area contributed by atoms with Gasteiger partial charge in [0.2, 0.25) is 0 Å². The van der Waals surface area contributed by atoms with Crippen LogP contribution in [0.4, 0.5) is 5.69 Å². The number of para-hydroxylation sites is 1. The summed E-state index contributed by atoms with van der Waals surface area (Å²) in [5, 5.41) is 28.9. The molecule has 8 nitrogen and oxygen atoms in total. The molecule has 0 saturated carbocycles. The number of nitrogens with zero attached hydrogens (tertiary/aromatic N) is 4. The van der Waals surface area contributed by atoms with E-state index in [0.717, 1.165) is 28.0 Å². The van der Waals surface area contributed by atoms with Gasteiger partial charge in [0, 0.05) is 16.9 Å². The molecule has 0 fully saturated rings. The lowest BCUT2D eigenvalue weighted by Crippen LogP contribution is -2.20. The normalized spacial score (nSPS) is 11.2. The fourth-order valence-electron chi connectivity index (χ4n) is 3.95. The van der Waals surface area contributed by atoms with Crippen LogP contribution in [0.3, 0.4) is 0 Å². The second kappa shape index (κ2) is 11.6. The van der Waals surface area contributed by atoms with Crippen LogP contribution in [-0.2, 0) is 11.3 Å². The van der Waals surface area contributed by atoms with E-state index in [1.54, 1.807) is 6.07 Å². The molecule has 5 aromatic rings. The molecule has 0 radical (unpaired) electrons. The molecule has 1 aromatic heterocycles. The zero-order valence-corrected chi connectivity index (χ0v) is 21.5. The maximum absolute atomic E-state index is 12.6. The number of hydrogen-bond donors (Lipinski definition) is 3. The molecular weight excluding hydrogens is 496 g/mol. The molecule has 5 rings (SSSR count). The smallest absolute Gasteiger partial charge is 0.250 e. The Balaban J connectivity index is 1.27. The van der Waals surface area contributed by atoms with E-state index in [4.69, 9.17) is 0 Å². The first kappa shape index (κ1) is 25.0. The third-order valence-corrected chi connectivity index (χ3v) is 6.81. The minimum absolute atomic E-state index is 0.0925. The molecule has 1 amide bonds. The summed E-state index contributed by atoms with van der Waals surface area (Å²) in [6, 6.07) is 29.1. The quantitative estimate of drug-likeness (QED) is 0.138. The van der Waals surface area contributed by atoms with Gasteiger partial charge in [0.1, 0.15) is 5.75 Å². The van der Waals surface area contributed by atoms with Gasteiger partial charge in [-0.1, -0.05) is 78.0 Å². The second-order valence-electron chi connectivity index (χ2n) is 8.59. The Hall–Kier alpha value is -4.63. The summed E-state index contributed by atoms with van der Waals surface area (Å²) < 4.78 is 1.94. The Bertz CT molecular complexity index is 1580. The number of rotatable bonds is 9. The summed E-state index contributed by atoms with van der Waals surface area (Å²) in [7, 11) is 0. The average molecular weight is 523 g/mol. The van der Waals surface area contributed by atoms with Crippen LogP contribution in [0.2, 0.25) is 0 Å². The van der Waals surface area contributed by atoms with Crippen LogP contribution in [0.1, 0.15) is 17.0 Å². The number of benzene rings is 4. The van der Waals surface area contributed by atoms with E-state index in [2.05, 4.69) is 26.0 Å². The molecule has 0 atom stereocenters. The van der Waals surface area contributed by atoms with E-state index >= 15 is 0 Å². The molecule has 0 aliphatic carbocycles. The van der Waals surface area contributed by atoms with Gasteiger partial charge in [-0.15, -0.1) is 10.2 Å². The van der Waals surface area contributed by atoms with Gasteiger partial charge in [0.05, 0.1) is 18.5 Å². The fraction of sp³-hybridized carbons (Fsp3) is 0.103. The lowest BCUT2D eigenvalue weighted by Gasteiger charge is -2.11. The van der Waals surface area contributed by atoms with E-state index < -0.39 is 0 Å². The SMILES string of the molecule is Cc1ccc(NCc2nnc(SCC(=O)NN=Cc3c(O)ccc4ccccc34)n2-c2ccccc2)cc1. The topological polar surface area (TPSA) is 104 Å². The molecule has 4 aromatic carbocycles. The maximum Gasteiger partial charge on any atom is 0.250 e. The highest BCUT2D eigenvalue weighted by atomic mass is 32.2. The molecule has 0 aliphatic rings. The van der Waals surface area contributed by atoms with Crippen molar-refractivity contribution in [3.8, 4) is 11.4 Å². The Kier molecular flexibility index (Phi) is 7.65. The summed E-state index contributed by atoms with van der Waals surface area (Å²) >= 11 is 1.27. The predicted molar refractivity (Wildman–Crippen MR) is 152 cm³/mol. The van der Waals surface area contributed by atoms with E-state index in [0.29, 0.717) is 17.3 Å². The minimum atomic E-state index is -0.298. The van der Waals surface area contributed by atoms with E-state index in [-0.39, 0.29) is 17.4 Å². The Morgan fingerprint density at radius 3 is 2.55 bits per heavy atom. The molecule has 0 aliphatic heterocycles. The van der Waals surface area contributed by atoms with Crippen LogP contribution in [0.25, 0.3) is 16.5 Å². The number of phenols is 1. The van der Waals surface area contributed by atoms with Crippen molar-refractivity contribution in [1.29, 1.82) is 0 Å². The summed E-state index contributed by atoms with van der Waals surface area (Å²) in [5.74, 6) is 0.616. The van der Waals surface area contributed by atoms with Gasteiger partial charge in [-0.3, -0.25) is 9.36 Å². The number of thioether (sulfide) groups is 1. The van der Waals surface area contributed by atoms with Crippen molar-refractivity contribution in [2.24, 2.45) is 5.10 Å². The molecule has 0 unspecified atom stereocenters. The molecule has 0 saturated heterocycles. The van der Waals surface area contributed by atoms with Gasteiger partial charge >= 0.3 is 0 Å². The van der Waals surface area contributed by atoms with Crippen molar-refractivity contribution in [3.05, 3.63) is 108 Å². The lowest BCUT2D eigenvalue weighted by molar-refractivity contribution is -0.118. The summed E-state index contributed by atoms with van der Waals surface area (Å²) in [6.45, 7) is 2.52. The van der Waals surface area contributed by atoms with Gasteiger partial charge in [-0.05, 0) is 48.0 Å². The van der Waals surface area contributed by atoms with Crippen molar-refractivity contribution in [2.75, 3.05) is 11.1 Å². The van der Waals surface area contributed by atoms with Gasteiger partial charge < -0.3 is 10.4 Å². The molecule has 3 N–H and O–H groups in total. The van der Waals surface area contributed by atoms with E-state index in [1.807, 2.05) is 96.4 Å². The largest absolute Gasteiger partial charge is 0.507 e. The zero-order valence-electron chi connectivity index (χ0n) is 20.7. The molecule has 190 valence electrons. The van der Waals surface area contributed by atoms with Crippen molar-refractivity contribution in [3.63, 3.8) is 0 Å². The van der Waals surface area contributed by atoms with Crippen LogP contribution >= 0.6 is 11.8 Å². The number of aryl methyl sites for hydroxylation is 1. The van der Waals surface area contributed by atoms with Crippen LogP contribution < -0.4 is 10.7 Å². The Labute approximate surface area is 224 Å². The fourth-order valence-corrected chi connectivity index (χ4v) is 4.71. The number of aromatic hydroxyl groups is 1. The third-order valence-electron chi connectivity index (χ3n) is 5.88. The van der Waals surface area contributed by atoms with Crippen LogP contribution in [-0.4, -0.2) is 37.7 Å². The number of carbonyl (C=O) groups excluding carboxylic acids is 1. The summed E-state index contributed by atoms with van der Waals surface area (Å²) in [6.07, 6.45) is 1.46. The second-order valence-corrected chi connectivity index (χ2v) is 9.53. The Morgan fingerprint density at radius 2 is 1.74 bits per heavy atom. The van der Waals surface area contributed by atoms with Crippen molar-refractivity contribution >= 4 is 40.3 Å².